The third-order valence-electron chi connectivity index (χ3n) is 4.39. The molecule has 0 spiro atoms. The maximum atomic E-state index is 12.9. The van der Waals surface area contributed by atoms with Crippen LogP contribution in [-0.2, 0) is 16.1 Å². The average molecular weight is 340 g/mol. The summed E-state index contributed by atoms with van der Waals surface area (Å²) in [7, 11) is 0. The fraction of sp³-hybridized carbons (Fsp3) is 0.300. The number of nitrogens with zero attached hydrogens (tertiary/aromatic N) is 1. The van der Waals surface area contributed by atoms with E-state index in [-0.39, 0.29) is 30.0 Å². The number of benzene rings is 2. The summed E-state index contributed by atoms with van der Waals surface area (Å²) in [6.07, 6.45) is 0.211. The SMILES string of the molecule is Cc1cc(C)cc(N2C[C@H](C(=O)NCc3ccc(F)cc3)CC2=O)c1. The first-order chi connectivity index (χ1) is 11.9. The predicted molar refractivity (Wildman–Crippen MR) is 94.6 cm³/mol. The standard InChI is InChI=1S/C20H21FN2O2/c1-13-7-14(2)9-18(8-13)23-12-16(10-19(23)24)20(25)22-11-15-3-5-17(21)6-4-15/h3-9,16H,10-12H2,1-2H3,(H,22,25)/t16-/m1/s1. The van der Waals surface area contributed by atoms with Crippen LogP contribution in [0.15, 0.2) is 42.5 Å². The van der Waals surface area contributed by atoms with Crippen molar-refractivity contribution in [1.82, 2.24) is 5.32 Å². The molecule has 130 valence electrons. The lowest BCUT2D eigenvalue weighted by molar-refractivity contribution is -0.126. The molecule has 1 heterocycles. The van der Waals surface area contributed by atoms with E-state index in [1.165, 1.54) is 12.1 Å². The molecule has 0 aromatic heterocycles. The van der Waals surface area contributed by atoms with E-state index in [0.717, 1.165) is 22.4 Å². The Hall–Kier alpha value is -2.69. The van der Waals surface area contributed by atoms with Crippen molar-refractivity contribution in [3.63, 3.8) is 0 Å². The minimum absolute atomic E-state index is 0.0352. The van der Waals surface area contributed by atoms with Gasteiger partial charge < -0.3 is 10.2 Å². The van der Waals surface area contributed by atoms with Crippen molar-refractivity contribution in [1.29, 1.82) is 0 Å². The van der Waals surface area contributed by atoms with Crippen LogP contribution in [-0.4, -0.2) is 18.4 Å². The van der Waals surface area contributed by atoms with Crippen molar-refractivity contribution in [2.24, 2.45) is 5.92 Å². The second-order valence-electron chi connectivity index (χ2n) is 6.60. The largest absolute Gasteiger partial charge is 0.352 e. The molecule has 0 saturated carbocycles. The van der Waals surface area contributed by atoms with Gasteiger partial charge in [-0.3, -0.25) is 9.59 Å². The molecule has 0 radical (unpaired) electrons. The molecule has 1 N–H and O–H groups in total. The zero-order valence-electron chi connectivity index (χ0n) is 14.4. The number of carbonyl (C=O) groups is 2. The highest BCUT2D eigenvalue weighted by Crippen LogP contribution is 2.27. The summed E-state index contributed by atoms with van der Waals surface area (Å²) in [5.41, 5.74) is 3.85. The van der Waals surface area contributed by atoms with Crippen LogP contribution in [0.5, 0.6) is 0 Å². The molecule has 1 saturated heterocycles. The maximum Gasteiger partial charge on any atom is 0.227 e. The summed E-state index contributed by atoms with van der Waals surface area (Å²) >= 11 is 0. The number of nitrogens with one attached hydrogen (secondary N) is 1. The van der Waals surface area contributed by atoms with Crippen molar-refractivity contribution >= 4 is 17.5 Å². The number of aryl methyl sites for hydroxylation is 2. The zero-order chi connectivity index (χ0) is 18.0. The van der Waals surface area contributed by atoms with E-state index in [4.69, 9.17) is 0 Å². The number of rotatable bonds is 4. The molecule has 1 fully saturated rings. The van der Waals surface area contributed by atoms with Gasteiger partial charge in [-0.2, -0.15) is 0 Å². The maximum absolute atomic E-state index is 12.9. The van der Waals surface area contributed by atoms with Crippen LogP contribution in [0.2, 0.25) is 0 Å². The average Bonchev–Trinajstić information content (AvgIpc) is 2.95. The number of amides is 2. The van der Waals surface area contributed by atoms with Gasteiger partial charge in [0, 0.05) is 25.2 Å². The lowest BCUT2D eigenvalue weighted by atomic mass is 10.1. The summed E-state index contributed by atoms with van der Waals surface area (Å²) in [5, 5.41) is 2.84. The van der Waals surface area contributed by atoms with Crippen molar-refractivity contribution in [3.05, 3.63) is 65.0 Å². The van der Waals surface area contributed by atoms with Gasteiger partial charge in [0.2, 0.25) is 11.8 Å². The van der Waals surface area contributed by atoms with E-state index in [9.17, 15) is 14.0 Å². The van der Waals surface area contributed by atoms with Crippen LogP contribution in [0, 0.1) is 25.6 Å². The molecular weight excluding hydrogens is 319 g/mol. The Morgan fingerprint density at radius 2 is 1.80 bits per heavy atom. The molecule has 1 atom stereocenters. The summed E-state index contributed by atoms with van der Waals surface area (Å²) < 4.78 is 12.9. The molecule has 1 aliphatic heterocycles. The summed E-state index contributed by atoms with van der Waals surface area (Å²) in [5.74, 6) is -0.856. The molecule has 4 nitrogen and oxygen atoms in total. The van der Waals surface area contributed by atoms with E-state index in [1.807, 2.05) is 26.0 Å². The minimum atomic E-state index is -0.367. The number of hydrogen-bond acceptors (Lipinski definition) is 2. The van der Waals surface area contributed by atoms with Crippen molar-refractivity contribution in [3.8, 4) is 0 Å². The topological polar surface area (TPSA) is 49.4 Å². The fourth-order valence-electron chi connectivity index (χ4n) is 3.17. The van der Waals surface area contributed by atoms with Crippen molar-refractivity contribution < 1.29 is 14.0 Å². The Balaban J connectivity index is 1.63. The molecule has 1 aliphatic rings. The van der Waals surface area contributed by atoms with E-state index in [2.05, 4.69) is 11.4 Å². The quantitative estimate of drug-likeness (QED) is 0.930. The molecule has 0 bridgehead atoms. The third-order valence-corrected chi connectivity index (χ3v) is 4.39. The highest BCUT2D eigenvalue weighted by atomic mass is 19.1. The lowest BCUT2D eigenvalue weighted by Gasteiger charge is -2.18. The Morgan fingerprint density at radius 3 is 2.44 bits per heavy atom. The van der Waals surface area contributed by atoms with E-state index >= 15 is 0 Å². The molecule has 3 rings (SSSR count). The smallest absolute Gasteiger partial charge is 0.227 e. The molecule has 5 heteroatoms. The molecule has 25 heavy (non-hydrogen) atoms. The van der Waals surface area contributed by atoms with Gasteiger partial charge in [0.05, 0.1) is 5.92 Å². The van der Waals surface area contributed by atoms with Crippen LogP contribution < -0.4 is 10.2 Å². The van der Waals surface area contributed by atoms with Gasteiger partial charge in [-0.25, -0.2) is 4.39 Å². The van der Waals surface area contributed by atoms with Crippen LogP contribution in [0.4, 0.5) is 10.1 Å². The fourth-order valence-corrected chi connectivity index (χ4v) is 3.17. The second kappa shape index (κ2) is 7.05. The second-order valence-corrected chi connectivity index (χ2v) is 6.60. The molecule has 2 amide bonds. The van der Waals surface area contributed by atoms with Crippen LogP contribution in [0.25, 0.3) is 0 Å². The first-order valence-electron chi connectivity index (χ1n) is 8.33. The van der Waals surface area contributed by atoms with Crippen LogP contribution in [0.1, 0.15) is 23.1 Å². The Labute approximate surface area is 146 Å². The van der Waals surface area contributed by atoms with Gasteiger partial charge in [0.25, 0.3) is 0 Å². The normalized spacial score (nSPS) is 17.0. The van der Waals surface area contributed by atoms with Crippen LogP contribution >= 0.6 is 0 Å². The number of halogens is 1. The van der Waals surface area contributed by atoms with Gasteiger partial charge in [0.1, 0.15) is 5.82 Å². The summed E-state index contributed by atoms with van der Waals surface area (Å²) in [4.78, 5) is 26.4. The van der Waals surface area contributed by atoms with Gasteiger partial charge in [0.15, 0.2) is 0 Å². The Kier molecular flexibility index (Phi) is 4.83. The molecule has 2 aromatic rings. The summed E-state index contributed by atoms with van der Waals surface area (Å²) in [6, 6.07) is 12.0. The number of anilines is 1. The molecule has 0 unspecified atom stereocenters. The molecule has 0 aliphatic carbocycles. The van der Waals surface area contributed by atoms with E-state index in [0.29, 0.717) is 13.1 Å². The molecular formula is C20H21FN2O2. The zero-order valence-corrected chi connectivity index (χ0v) is 14.4. The first kappa shape index (κ1) is 17.1. The van der Waals surface area contributed by atoms with E-state index < -0.39 is 0 Å². The van der Waals surface area contributed by atoms with Crippen molar-refractivity contribution in [2.45, 2.75) is 26.8 Å². The van der Waals surface area contributed by atoms with Gasteiger partial charge >= 0.3 is 0 Å². The Morgan fingerprint density at radius 1 is 1.16 bits per heavy atom. The Bertz CT molecular complexity index is 782. The van der Waals surface area contributed by atoms with Gasteiger partial charge in [-0.05, 0) is 54.8 Å². The minimum Gasteiger partial charge on any atom is -0.352 e. The molecule has 2 aromatic carbocycles. The lowest BCUT2D eigenvalue weighted by Crippen LogP contribution is -2.32. The first-order valence-corrected chi connectivity index (χ1v) is 8.33. The number of carbonyl (C=O) groups excluding carboxylic acids is 2. The monoisotopic (exact) mass is 340 g/mol. The number of hydrogen-bond donors (Lipinski definition) is 1. The predicted octanol–water partition coefficient (Wildman–Crippen LogP) is 3.11. The van der Waals surface area contributed by atoms with Crippen LogP contribution in [0.3, 0.4) is 0 Å². The third kappa shape index (κ3) is 4.05. The van der Waals surface area contributed by atoms with Gasteiger partial charge in [-0.1, -0.05) is 18.2 Å². The van der Waals surface area contributed by atoms with E-state index in [1.54, 1.807) is 17.0 Å². The highest BCUT2D eigenvalue weighted by molar-refractivity contribution is 6.00. The van der Waals surface area contributed by atoms with Gasteiger partial charge in [-0.15, -0.1) is 0 Å². The van der Waals surface area contributed by atoms with Crippen molar-refractivity contribution in [2.75, 3.05) is 11.4 Å². The summed E-state index contributed by atoms with van der Waals surface area (Å²) in [6.45, 7) is 4.69. The highest BCUT2D eigenvalue weighted by Gasteiger charge is 2.35.